The van der Waals surface area contributed by atoms with E-state index in [1.165, 1.54) is 6.07 Å². The Balaban J connectivity index is 0.00000364. The molecular formula is C18H24FIN4O2S. The molecule has 0 unspecified atom stereocenters. The molecule has 0 aliphatic rings. The highest BCUT2D eigenvalue weighted by atomic mass is 127. The molecule has 2 aromatic carbocycles. The third-order valence-corrected chi connectivity index (χ3v) is 4.27. The quantitative estimate of drug-likeness (QED) is 0.320. The monoisotopic (exact) mass is 506 g/mol. The number of rotatable bonds is 6. The second-order valence-electron chi connectivity index (χ2n) is 5.89. The van der Waals surface area contributed by atoms with E-state index < -0.39 is 10.0 Å². The minimum atomic E-state index is -3.36. The van der Waals surface area contributed by atoms with E-state index in [9.17, 15) is 12.8 Å². The van der Waals surface area contributed by atoms with Crippen molar-refractivity contribution in [3.8, 4) is 0 Å². The second-order valence-corrected chi connectivity index (χ2v) is 7.64. The fourth-order valence-electron chi connectivity index (χ4n) is 2.31. The first kappa shape index (κ1) is 23.2. The summed E-state index contributed by atoms with van der Waals surface area (Å²) in [6, 6.07) is 12.2. The van der Waals surface area contributed by atoms with Gasteiger partial charge in [-0.15, -0.1) is 24.0 Å². The predicted octanol–water partition coefficient (Wildman–Crippen LogP) is 2.99. The van der Waals surface area contributed by atoms with Crippen molar-refractivity contribution >= 4 is 45.6 Å². The Morgan fingerprint density at radius 3 is 2.41 bits per heavy atom. The van der Waals surface area contributed by atoms with Gasteiger partial charge in [-0.05, 0) is 35.7 Å². The van der Waals surface area contributed by atoms with Crippen LogP contribution in [-0.2, 0) is 23.1 Å². The Morgan fingerprint density at radius 1 is 1.11 bits per heavy atom. The number of hydrogen-bond acceptors (Lipinski definition) is 3. The zero-order chi connectivity index (χ0) is 19.2. The van der Waals surface area contributed by atoms with Crippen LogP contribution in [0, 0.1) is 12.7 Å². The topological polar surface area (TPSA) is 82.6 Å². The van der Waals surface area contributed by atoms with Crippen LogP contribution in [0.5, 0.6) is 0 Å². The molecular weight excluding hydrogens is 482 g/mol. The Morgan fingerprint density at radius 2 is 1.78 bits per heavy atom. The third-order valence-electron chi connectivity index (χ3n) is 3.68. The number of nitrogens with zero attached hydrogens (tertiary/aromatic N) is 1. The fraction of sp³-hybridized carbons (Fsp3) is 0.278. The van der Waals surface area contributed by atoms with Gasteiger partial charge >= 0.3 is 0 Å². The van der Waals surface area contributed by atoms with Gasteiger partial charge in [-0.3, -0.25) is 9.71 Å². The number of hydrogen-bond donors (Lipinski definition) is 3. The van der Waals surface area contributed by atoms with Crippen LogP contribution in [0.4, 0.5) is 10.1 Å². The number of nitrogens with one attached hydrogen (secondary N) is 3. The molecule has 27 heavy (non-hydrogen) atoms. The Labute approximate surface area is 176 Å². The zero-order valence-corrected chi connectivity index (χ0v) is 18.6. The zero-order valence-electron chi connectivity index (χ0n) is 15.4. The summed E-state index contributed by atoms with van der Waals surface area (Å²) in [5, 5.41) is 6.22. The maximum atomic E-state index is 13.6. The number of aliphatic imine (C=N–C) groups is 1. The Kier molecular flexibility index (Phi) is 8.97. The van der Waals surface area contributed by atoms with Crippen molar-refractivity contribution in [1.82, 2.24) is 10.6 Å². The number of benzene rings is 2. The van der Waals surface area contributed by atoms with Gasteiger partial charge in [0.2, 0.25) is 10.0 Å². The molecule has 0 saturated heterocycles. The summed E-state index contributed by atoms with van der Waals surface area (Å²) in [6.07, 6.45) is 1.11. The van der Waals surface area contributed by atoms with Gasteiger partial charge in [0.1, 0.15) is 5.82 Å². The van der Waals surface area contributed by atoms with Gasteiger partial charge in [0, 0.05) is 20.1 Å². The smallest absolute Gasteiger partial charge is 0.229 e. The largest absolute Gasteiger partial charge is 0.352 e. The summed E-state index contributed by atoms with van der Waals surface area (Å²) in [6.45, 7) is 2.51. The lowest BCUT2D eigenvalue weighted by atomic mass is 10.1. The van der Waals surface area contributed by atoms with Crippen LogP contribution in [0.2, 0.25) is 0 Å². The van der Waals surface area contributed by atoms with E-state index in [4.69, 9.17) is 0 Å². The summed E-state index contributed by atoms with van der Waals surface area (Å²) in [5.74, 6) is 0.285. The SMILES string of the molecule is CN=C(NCc1ccc(C)c(F)c1)NCc1ccccc1NS(C)(=O)=O.I. The van der Waals surface area contributed by atoms with Crippen molar-refractivity contribution in [2.75, 3.05) is 18.0 Å². The highest BCUT2D eigenvalue weighted by Gasteiger charge is 2.08. The molecule has 0 atom stereocenters. The maximum Gasteiger partial charge on any atom is 0.229 e. The molecule has 0 fully saturated rings. The number of guanidine groups is 1. The summed E-state index contributed by atoms with van der Waals surface area (Å²) in [5.41, 5.74) is 2.70. The van der Waals surface area contributed by atoms with E-state index >= 15 is 0 Å². The lowest BCUT2D eigenvalue weighted by Gasteiger charge is -2.15. The van der Waals surface area contributed by atoms with E-state index in [2.05, 4.69) is 20.3 Å². The van der Waals surface area contributed by atoms with Gasteiger partial charge < -0.3 is 10.6 Å². The van der Waals surface area contributed by atoms with Crippen molar-refractivity contribution in [2.45, 2.75) is 20.0 Å². The minimum absolute atomic E-state index is 0. The van der Waals surface area contributed by atoms with Crippen LogP contribution in [0.3, 0.4) is 0 Å². The molecule has 0 heterocycles. The molecule has 6 nitrogen and oxygen atoms in total. The molecule has 2 rings (SSSR count). The molecule has 0 spiro atoms. The van der Waals surface area contributed by atoms with Crippen molar-refractivity contribution < 1.29 is 12.8 Å². The lowest BCUT2D eigenvalue weighted by Crippen LogP contribution is -2.36. The fourth-order valence-corrected chi connectivity index (χ4v) is 2.90. The Bertz CT molecular complexity index is 904. The van der Waals surface area contributed by atoms with E-state index in [0.717, 1.165) is 17.4 Å². The van der Waals surface area contributed by atoms with Gasteiger partial charge in [-0.1, -0.05) is 30.3 Å². The summed E-state index contributed by atoms with van der Waals surface area (Å²) in [7, 11) is -1.73. The third kappa shape index (κ3) is 7.71. The number of halogens is 2. The normalized spacial score (nSPS) is 11.5. The first-order valence-electron chi connectivity index (χ1n) is 8.04. The average molecular weight is 506 g/mol. The van der Waals surface area contributed by atoms with Crippen LogP contribution in [0.15, 0.2) is 47.5 Å². The molecule has 0 saturated carbocycles. The van der Waals surface area contributed by atoms with E-state index in [0.29, 0.717) is 30.3 Å². The number of anilines is 1. The first-order chi connectivity index (χ1) is 12.3. The minimum Gasteiger partial charge on any atom is -0.352 e. The van der Waals surface area contributed by atoms with Crippen molar-refractivity contribution in [3.63, 3.8) is 0 Å². The maximum absolute atomic E-state index is 13.6. The molecule has 2 aromatic rings. The highest BCUT2D eigenvalue weighted by Crippen LogP contribution is 2.16. The molecule has 148 valence electrons. The van der Waals surface area contributed by atoms with Gasteiger partial charge in [0.15, 0.2) is 5.96 Å². The lowest BCUT2D eigenvalue weighted by molar-refractivity contribution is 0.606. The van der Waals surface area contributed by atoms with Crippen molar-refractivity contribution in [3.05, 3.63) is 65.0 Å². The molecule has 0 amide bonds. The summed E-state index contributed by atoms with van der Waals surface area (Å²) in [4.78, 5) is 4.12. The van der Waals surface area contributed by atoms with Gasteiger partial charge in [0.05, 0.1) is 11.9 Å². The van der Waals surface area contributed by atoms with Gasteiger partial charge in [-0.25, -0.2) is 12.8 Å². The van der Waals surface area contributed by atoms with Crippen LogP contribution in [-0.4, -0.2) is 27.7 Å². The van der Waals surface area contributed by atoms with Crippen LogP contribution >= 0.6 is 24.0 Å². The summed E-state index contributed by atoms with van der Waals surface area (Å²) >= 11 is 0. The first-order valence-corrected chi connectivity index (χ1v) is 9.93. The predicted molar refractivity (Wildman–Crippen MR) is 118 cm³/mol. The van der Waals surface area contributed by atoms with Crippen LogP contribution < -0.4 is 15.4 Å². The van der Waals surface area contributed by atoms with Crippen molar-refractivity contribution in [1.29, 1.82) is 0 Å². The standard InChI is InChI=1S/C18H23FN4O2S.HI/c1-13-8-9-14(10-16(13)19)11-21-18(20-2)22-12-15-6-4-5-7-17(15)23-26(3,24)25;/h4-10,23H,11-12H2,1-3H3,(H2,20,21,22);1H. The average Bonchev–Trinajstić information content (AvgIpc) is 2.58. The molecule has 9 heteroatoms. The van der Waals surface area contributed by atoms with E-state index in [1.807, 2.05) is 18.2 Å². The van der Waals surface area contributed by atoms with Gasteiger partial charge in [-0.2, -0.15) is 0 Å². The highest BCUT2D eigenvalue weighted by molar-refractivity contribution is 14.0. The molecule has 0 aliphatic carbocycles. The molecule has 0 radical (unpaired) electrons. The van der Waals surface area contributed by atoms with Crippen LogP contribution in [0.25, 0.3) is 0 Å². The number of aryl methyl sites for hydroxylation is 1. The van der Waals surface area contributed by atoms with Gasteiger partial charge in [0.25, 0.3) is 0 Å². The summed E-state index contributed by atoms with van der Waals surface area (Å²) < 4.78 is 39.0. The molecule has 0 aliphatic heterocycles. The van der Waals surface area contributed by atoms with E-state index in [1.54, 1.807) is 32.2 Å². The van der Waals surface area contributed by atoms with Crippen LogP contribution in [0.1, 0.15) is 16.7 Å². The second kappa shape index (κ2) is 10.5. The molecule has 0 bridgehead atoms. The Hall–Kier alpha value is -1.88. The molecule has 0 aromatic heterocycles. The van der Waals surface area contributed by atoms with Crippen molar-refractivity contribution in [2.24, 2.45) is 4.99 Å². The number of sulfonamides is 1. The number of para-hydroxylation sites is 1. The molecule has 3 N–H and O–H groups in total. The van der Waals surface area contributed by atoms with E-state index in [-0.39, 0.29) is 29.8 Å².